The molecular formula is C21H21N3O4S3. The number of hydrogen-bond donors (Lipinski definition) is 1. The second-order valence-corrected chi connectivity index (χ2v) is 9.63. The van der Waals surface area contributed by atoms with Gasteiger partial charge in [-0.1, -0.05) is 36.5 Å². The van der Waals surface area contributed by atoms with E-state index in [2.05, 4.69) is 10.3 Å². The Morgan fingerprint density at radius 3 is 2.94 bits per heavy atom. The number of thiazole rings is 1. The van der Waals surface area contributed by atoms with Crippen LogP contribution in [-0.2, 0) is 9.59 Å². The van der Waals surface area contributed by atoms with Gasteiger partial charge in [0.15, 0.2) is 16.6 Å². The van der Waals surface area contributed by atoms with Crippen molar-refractivity contribution in [3.05, 3.63) is 39.7 Å². The molecule has 0 aliphatic carbocycles. The molecule has 2 aromatic rings. The molecule has 0 radical (unpaired) electrons. The number of aromatic nitrogens is 1. The van der Waals surface area contributed by atoms with Gasteiger partial charge in [0.2, 0.25) is 12.7 Å². The number of fused-ring (bicyclic) bond motifs is 1. The zero-order valence-corrected chi connectivity index (χ0v) is 19.3. The zero-order chi connectivity index (χ0) is 21.8. The largest absolute Gasteiger partial charge is 0.454 e. The van der Waals surface area contributed by atoms with Gasteiger partial charge in [-0.05, 0) is 43.5 Å². The minimum absolute atomic E-state index is 0.0355. The first-order valence-corrected chi connectivity index (χ1v) is 12.0. The fourth-order valence-corrected chi connectivity index (χ4v) is 5.19. The summed E-state index contributed by atoms with van der Waals surface area (Å²) in [4.78, 5) is 31.2. The zero-order valence-electron chi connectivity index (χ0n) is 16.9. The van der Waals surface area contributed by atoms with Crippen LogP contribution in [-0.4, -0.2) is 39.4 Å². The van der Waals surface area contributed by atoms with Crippen molar-refractivity contribution in [2.75, 3.05) is 18.7 Å². The predicted molar refractivity (Wildman–Crippen MR) is 126 cm³/mol. The highest BCUT2D eigenvalue weighted by Crippen LogP contribution is 2.36. The summed E-state index contributed by atoms with van der Waals surface area (Å²) in [5, 5.41) is 5.34. The van der Waals surface area contributed by atoms with Gasteiger partial charge in [-0.3, -0.25) is 14.5 Å². The maximum atomic E-state index is 12.8. The maximum absolute atomic E-state index is 12.8. The Balaban J connectivity index is 1.22. The number of amides is 2. The van der Waals surface area contributed by atoms with Crippen molar-refractivity contribution in [1.82, 2.24) is 9.88 Å². The van der Waals surface area contributed by atoms with Gasteiger partial charge in [-0.2, -0.15) is 0 Å². The fourth-order valence-electron chi connectivity index (χ4n) is 3.17. The summed E-state index contributed by atoms with van der Waals surface area (Å²) in [6, 6.07) is 5.58. The predicted octanol–water partition coefficient (Wildman–Crippen LogP) is 4.58. The number of ether oxygens (including phenoxy) is 2. The minimum Gasteiger partial charge on any atom is -0.454 e. The van der Waals surface area contributed by atoms with Crippen molar-refractivity contribution in [1.29, 1.82) is 0 Å². The third-order valence-corrected chi connectivity index (χ3v) is 6.97. The van der Waals surface area contributed by atoms with Crippen LogP contribution in [0.3, 0.4) is 0 Å². The van der Waals surface area contributed by atoms with Crippen LogP contribution in [0.5, 0.6) is 11.5 Å². The molecule has 2 aliphatic rings. The van der Waals surface area contributed by atoms with Gasteiger partial charge in [0.1, 0.15) is 4.32 Å². The Morgan fingerprint density at radius 2 is 2.13 bits per heavy atom. The van der Waals surface area contributed by atoms with Crippen molar-refractivity contribution in [2.45, 2.75) is 32.6 Å². The smallest absolute Gasteiger partial charge is 0.266 e. The Morgan fingerprint density at radius 1 is 1.29 bits per heavy atom. The van der Waals surface area contributed by atoms with Crippen LogP contribution in [0, 0.1) is 6.92 Å². The molecule has 0 unspecified atom stereocenters. The summed E-state index contributed by atoms with van der Waals surface area (Å²) >= 11 is 8.13. The van der Waals surface area contributed by atoms with Gasteiger partial charge in [0.05, 0.1) is 10.6 Å². The summed E-state index contributed by atoms with van der Waals surface area (Å²) in [5.41, 5.74) is 1.77. The molecule has 0 spiro atoms. The number of anilines is 1. The lowest BCUT2D eigenvalue weighted by Gasteiger charge is -2.14. The molecule has 1 aromatic heterocycles. The second-order valence-electron chi connectivity index (χ2n) is 7.10. The fraction of sp³-hybridized carbons (Fsp3) is 0.333. The number of nitrogens with zero attached hydrogens (tertiary/aromatic N) is 2. The number of rotatable bonds is 8. The van der Waals surface area contributed by atoms with E-state index in [0.717, 1.165) is 30.5 Å². The van der Waals surface area contributed by atoms with E-state index in [1.807, 2.05) is 36.6 Å². The number of aryl methyl sites for hydroxylation is 1. The molecule has 162 valence electrons. The molecule has 0 saturated carbocycles. The molecule has 0 bridgehead atoms. The molecule has 0 atom stereocenters. The van der Waals surface area contributed by atoms with E-state index in [4.69, 9.17) is 21.7 Å². The van der Waals surface area contributed by atoms with Gasteiger partial charge in [0.25, 0.3) is 5.91 Å². The van der Waals surface area contributed by atoms with E-state index in [1.54, 1.807) is 4.90 Å². The lowest BCUT2D eigenvalue weighted by Crippen LogP contribution is -2.29. The Hall–Kier alpha value is -2.43. The molecule has 4 rings (SSSR count). The molecule has 1 aromatic carbocycles. The standard InChI is InChI=1S/C21H21N3O4S3/c1-13-11-30-20(22-13)23-18(25)5-3-2-4-8-24-19(26)17(31-21(24)29)10-14-6-7-15-16(9-14)28-12-27-15/h6-7,9-11H,2-5,8,12H2,1H3,(H,22,23,25). The van der Waals surface area contributed by atoms with Crippen LogP contribution in [0.15, 0.2) is 28.5 Å². The molecule has 7 nitrogen and oxygen atoms in total. The van der Waals surface area contributed by atoms with Crippen molar-refractivity contribution in [3.8, 4) is 11.5 Å². The third kappa shape index (κ3) is 5.44. The lowest BCUT2D eigenvalue weighted by atomic mass is 10.1. The Labute approximate surface area is 193 Å². The second kappa shape index (κ2) is 9.80. The molecular weight excluding hydrogens is 454 g/mol. The number of unbranched alkanes of at least 4 members (excludes halogenated alkanes) is 2. The summed E-state index contributed by atoms with van der Waals surface area (Å²) < 4.78 is 11.3. The number of nitrogens with one attached hydrogen (secondary N) is 1. The van der Waals surface area contributed by atoms with Crippen LogP contribution in [0.4, 0.5) is 5.13 Å². The molecule has 1 saturated heterocycles. The highest BCUT2D eigenvalue weighted by molar-refractivity contribution is 8.26. The summed E-state index contributed by atoms with van der Waals surface area (Å²) in [7, 11) is 0. The van der Waals surface area contributed by atoms with Crippen LogP contribution >= 0.6 is 35.3 Å². The van der Waals surface area contributed by atoms with E-state index in [1.165, 1.54) is 23.1 Å². The van der Waals surface area contributed by atoms with E-state index in [0.29, 0.717) is 38.8 Å². The average Bonchev–Trinajstić information content (AvgIpc) is 3.43. The number of carbonyl (C=O) groups excluding carboxylic acids is 2. The van der Waals surface area contributed by atoms with Crippen LogP contribution in [0.25, 0.3) is 6.08 Å². The molecule has 3 heterocycles. The number of thiocarbonyl (C=S) groups is 1. The minimum atomic E-state index is -0.0791. The highest BCUT2D eigenvalue weighted by Gasteiger charge is 2.31. The topological polar surface area (TPSA) is 80.8 Å². The molecule has 1 N–H and O–H groups in total. The van der Waals surface area contributed by atoms with Crippen molar-refractivity contribution in [2.24, 2.45) is 0 Å². The number of carbonyl (C=O) groups is 2. The van der Waals surface area contributed by atoms with Crippen LogP contribution in [0.1, 0.15) is 36.9 Å². The summed E-state index contributed by atoms with van der Waals surface area (Å²) in [6.45, 7) is 2.66. The highest BCUT2D eigenvalue weighted by atomic mass is 32.2. The number of thioether (sulfide) groups is 1. The number of hydrogen-bond acceptors (Lipinski definition) is 8. The van der Waals surface area contributed by atoms with Gasteiger partial charge in [-0.25, -0.2) is 4.98 Å². The van der Waals surface area contributed by atoms with Crippen molar-refractivity contribution < 1.29 is 19.1 Å². The SMILES string of the molecule is Cc1csc(NC(=O)CCCCCN2C(=O)C(=Cc3ccc4c(c3)OCO4)SC2=S)n1. The lowest BCUT2D eigenvalue weighted by molar-refractivity contribution is -0.122. The Kier molecular flexibility index (Phi) is 6.89. The molecule has 10 heteroatoms. The van der Waals surface area contributed by atoms with E-state index < -0.39 is 0 Å². The van der Waals surface area contributed by atoms with Crippen molar-refractivity contribution in [3.63, 3.8) is 0 Å². The first kappa shape index (κ1) is 21.8. The normalized spacial score (nSPS) is 16.4. The van der Waals surface area contributed by atoms with Gasteiger partial charge in [-0.15, -0.1) is 11.3 Å². The van der Waals surface area contributed by atoms with Gasteiger partial charge in [0, 0.05) is 18.3 Å². The molecule has 2 amide bonds. The van der Waals surface area contributed by atoms with Crippen molar-refractivity contribution >= 4 is 62.7 Å². The first-order valence-electron chi connectivity index (χ1n) is 9.86. The quantitative estimate of drug-likeness (QED) is 0.340. The van der Waals surface area contributed by atoms with Crippen LogP contribution < -0.4 is 14.8 Å². The van der Waals surface area contributed by atoms with E-state index in [-0.39, 0.29) is 18.6 Å². The summed E-state index contributed by atoms with van der Waals surface area (Å²) in [6.07, 6.45) is 4.63. The van der Waals surface area contributed by atoms with E-state index >= 15 is 0 Å². The molecule has 31 heavy (non-hydrogen) atoms. The van der Waals surface area contributed by atoms with Crippen LogP contribution in [0.2, 0.25) is 0 Å². The summed E-state index contributed by atoms with van der Waals surface area (Å²) in [5.74, 6) is 1.27. The first-order chi connectivity index (χ1) is 15.0. The van der Waals surface area contributed by atoms with Gasteiger partial charge >= 0.3 is 0 Å². The third-order valence-electron chi connectivity index (χ3n) is 4.72. The number of benzene rings is 1. The van der Waals surface area contributed by atoms with Gasteiger partial charge < -0.3 is 14.8 Å². The molecule has 1 fully saturated rings. The van der Waals surface area contributed by atoms with E-state index in [9.17, 15) is 9.59 Å². The maximum Gasteiger partial charge on any atom is 0.266 e. The monoisotopic (exact) mass is 475 g/mol. The molecule has 2 aliphatic heterocycles. The Bertz CT molecular complexity index is 1050. The average molecular weight is 476 g/mol.